The fourth-order valence-electron chi connectivity index (χ4n) is 1.87. The summed E-state index contributed by atoms with van der Waals surface area (Å²) in [5, 5.41) is 8.94. The molecular weight excluding hydrogens is 156 g/mol. The number of esters is 1. The fourth-order valence-corrected chi connectivity index (χ4v) is 1.87. The summed E-state index contributed by atoms with van der Waals surface area (Å²) >= 11 is 0. The normalized spacial score (nSPS) is 32.3. The van der Waals surface area contributed by atoms with Gasteiger partial charge in [-0.3, -0.25) is 4.79 Å². The number of hydrogen-bond acceptors (Lipinski definition) is 3. The van der Waals surface area contributed by atoms with Crippen LogP contribution in [0.5, 0.6) is 0 Å². The molecule has 3 heteroatoms. The maximum Gasteiger partial charge on any atom is 0.309 e. The minimum Gasteiger partial charge on any atom is -0.469 e. The van der Waals surface area contributed by atoms with Gasteiger partial charge >= 0.3 is 5.97 Å². The standard InChI is InChI=1S/C9H16O3/c1-9(2)6(5-10)4-7(9)8(11)12-3/h6-7,10H,4-5H2,1-3H3. The van der Waals surface area contributed by atoms with Crippen LogP contribution in [-0.2, 0) is 9.53 Å². The number of hydrogen-bond donors (Lipinski definition) is 1. The largest absolute Gasteiger partial charge is 0.469 e. The van der Waals surface area contributed by atoms with Crippen LogP contribution in [0.3, 0.4) is 0 Å². The summed E-state index contributed by atoms with van der Waals surface area (Å²) < 4.78 is 4.66. The van der Waals surface area contributed by atoms with Crippen molar-refractivity contribution in [3.8, 4) is 0 Å². The monoisotopic (exact) mass is 172 g/mol. The number of rotatable bonds is 2. The summed E-state index contributed by atoms with van der Waals surface area (Å²) in [6, 6.07) is 0. The van der Waals surface area contributed by atoms with Crippen molar-refractivity contribution in [2.45, 2.75) is 20.3 Å². The molecule has 0 bridgehead atoms. The molecule has 0 aromatic carbocycles. The summed E-state index contributed by atoms with van der Waals surface area (Å²) in [6.45, 7) is 4.17. The van der Waals surface area contributed by atoms with Crippen LogP contribution in [0, 0.1) is 17.3 Å². The first-order valence-corrected chi connectivity index (χ1v) is 4.22. The Balaban J connectivity index is 2.58. The molecule has 0 aromatic heterocycles. The van der Waals surface area contributed by atoms with Gasteiger partial charge in [0.25, 0.3) is 0 Å². The predicted octanol–water partition coefficient (Wildman–Crippen LogP) is 0.814. The lowest BCUT2D eigenvalue weighted by Crippen LogP contribution is -2.50. The van der Waals surface area contributed by atoms with E-state index in [4.69, 9.17) is 5.11 Å². The van der Waals surface area contributed by atoms with Gasteiger partial charge in [-0.1, -0.05) is 13.8 Å². The molecule has 0 saturated heterocycles. The molecule has 1 saturated carbocycles. The van der Waals surface area contributed by atoms with Gasteiger partial charge in [0, 0.05) is 6.61 Å². The smallest absolute Gasteiger partial charge is 0.309 e. The average molecular weight is 172 g/mol. The van der Waals surface area contributed by atoms with Gasteiger partial charge in [0.15, 0.2) is 0 Å². The van der Waals surface area contributed by atoms with Crippen molar-refractivity contribution in [1.82, 2.24) is 0 Å². The first-order chi connectivity index (χ1) is 5.54. The van der Waals surface area contributed by atoms with Crippen LogP contribution < -0.4 is 0 Å². The van der Waals surface area contributed by atoms with Crippen LogP contribution in [0.4, 0.5) is 0 Å². The molecule has 1 aliphatic carbocycles. The molecule has 1 N–H and O–H groups in total. The molecule has 1 rings (SSSR count). The van der Waals surface area contributed by atoms with Crippen LogP contribution in [0.2, 0.25) is 0 Å². The molecular formula is C9H16O3. The quantitative estimate of drug-likeness (QED) is 0.627. The van der Waals surface area contributed by atoms with Crippen LogP contribution in [0.15, 0.2) is 0 Å². The SMILES string of the molecule is COC(=O)C1CC(CO)C1(C)C. The maximum absolute atomic E-state index is 11.2. The lowest BCUT2D eigenvalue weighted by molar-refractivity contribution is -0.164. The molecule has 0 aromatic rings. The summed E-state index contributed by atoms with van der Waals surface area (Å²) in [6.07, 6.45) is 0.760. The Kier molecular flexibility index (Phi) is 2.42. The Morgan fingerprint density at radius 3 is 2.58 bits per heavy atom. The van der Waals surface area contributed by atoms with E-state index in [1.165, 1.54) is 7.11 Å². The molecule has 0 amide bonds. The maximum atomic E-state index is 11.2. The van der Waals surface area contributed by atoms with Crippen LogP contribution in [0.25, 0.3) is 0 Å². The minimum atomic E-state index is -0.148. The summed E-state index contributed by atoms with van der Waals surface area (Å²) in [7, 11) is 1.41. The zero-order valence-corrected chi connectivity index (χ0v) is 7.83. The van der Waals surface area contributed by atoms with Crippen LogP contribution >= 0.6 is 0 Å². The van der Waals surface area contributed by atoms with Crippen molar-refractivity contribution in [1.29, 1.82) is 0 Å². The van der Waals surface area contributed by atoms with E-state index in [0.29, 0.717) is 0 Å². The second-order valence-electron chi connectivity index (χ2n) is 4.01. The number of aliphatic hydroxyl groups excluding tert-OH is 1. The first-order valence-electron chi connectivity index (χ1n) is 4.22. The van der Waals surface area contributed by atoms with Gasteiger partial charge in [0.05, 0.1) is 13.0 Å². The van der Waals surface area contributed by atoms with E-state index in [0.717, 1.165) is 6.42 Å². The number of methoxy groups -OCH3 is 1. The Morgan fingerprint density at radius 1 is 1.67 bits per heavy atom. The molecule has 70 valence electrons. The van der Waals surface area contributed by atoms with Crippen molar-refractivity contribution in [2.24, 2.45) is 17.3 Å². The highest BCUT2D eigenvalue weighted by atomic mass is 16.5. The van der Waals surface area contributed by atoms with Gasteiger partial charge in [0.1, 0.15) is 0 Å². The van der Waals surface area contributed by atoms with Crippen LogP contribution in [-0.4, -0.2) is 24.8 Å². The number of carbonyl (C=O) groups is 1. The summed E-state index contributed by atoms with van der Waals surface area (Å²) in [5.74, 6) is 0.0750. The van der Waals surface area contributed by atoms with Crippen molar-refractivity contribution in [2.75, 3.05) is 13.7 Å². The summed E-state index contributed by atoms with van der Waals surface area (Å²) in [5.41, 5.74) is -0.0954. The molecule has 0 spiro atoms. The first kappa shape index (κ1) is 9.52. The topological polar surface area (TPSA) is 46.5 Å². The lowest BCUT2D eigenvalue weighted by Gasteiger charge is -2.49. The van der Waals surface area contributed by atoms with Crippen LogP contribution in [0.1, 0.15) is 20.3 Å². The number of aliphatic hydroxyl groups is 1. The number of ether oxygens (including phenoxy) is 1. The lowest BCUT2D eigenvalue weighted by atomic mass is 9.55. The van der Waals surface area contributed by atoms with Crippen molar-refractivity contribution in [3.63, 3.8) is 0 Å². The van der Waals surface area contributed by atoms with E-state index >= 15 is 0 Å². The highest BCUT2D eigenvalue weighted by Gasteiger charge is 2.51. The van der Waals surface area contributed by atoms with E-state index in [-0.39, 0.29) is 29.8 Å². The number of carbonyl (C=O) groups excluding carboxylic acids is 1. The minimum absolute atomic E-state index is 0.0281. The average Bonchev–Trinajstić information content (AvgIpc) is 2.03. The van der Waals surface area contributed by atoms with E-state index in [1.54, 1.807) is 0 Å². The zero-order valence-electron chi connectivity index (χ0n) is 7.83. The van der Waals surface area contributed by atoms with E-state index < -0.39 is 0 Å². The second kappa shape index (κ2) is 3.05. The van der Waals surface area contributed by atoms with Gasteiger partial charge in [0.2, 0.25) is 0 Å². The summed E-state index contributed by atoms with van der Waals surface area (Å²) in [4.78, 5) is 11.2. The second-order valence-corrected chi connectivity index (χ2v) is 4.01. The third-order valence-electron chi connectivity index (χ3n) is 3.18. The van der Waals surface area contributed by atoms with Gasteiger partial charge in [-0.05, 0) is 17.8 Å². The van der Waals surface area contributed by atoms with Crippen molar-refractivity contribution in [3.05, 3.63) is 0 Å². The Morgan fingerprint density at radius 2 is 2.25 bits per heavy atom. The Hall–Kier alpha value is -0.570. The molecule has 2 atom stereocenters. The predicted molar refractivity (Wildman–Crippen MR) is 44.5 cm³/mol. The molecule has 2 unspecified atom stereocenters. The fraction of sp³-hybridized carbons (Fsp3) is 0.889. The van der Waals surface area contributed by atoms with E-state index in [2.05, 4.69) is 4.74 Å². The molecule has 1 aliphatic rings. The Bertz CT molecular complexity index is 186. The molecule has 0 radical (unpaired) electrons. The van der Waals surface area contributed by atoms with Gasteiger partial charge in [-0.15, -0.1) is 0 Å². The van der Waals surface area contributed by atoms with E-state index in [9.17, 15) is 4.79 Å². The third-order valence-corrected chi connectivity index (χ3v) is 3.18. The Labute approximate surface area is 72.7 Å². The van der Waals surface area contributed by atoms with E-state index in [1.807, 2.05) is 13.8 Å². The highest BCUT2D eigenvalue weighted by molar-refractivity contribution is 5.74. The zero-order chi connectivity index (χ0) is 9.35. The van der Waals surface area contributed by atoms with Gasteiger partial charge in [-0.2, -0.15) is 0 Å². The molecule has 0 heterocycles. The molecule has 12 heavy (non-hydrogen) atoms. The van der Waals surface area contributed by atoms with Crippen molar-refractivity contribution < 1.29 is 14.6 Å². The molecule has 1 fully saturated rings. The molecule has 0 aliphatic heterocycles. The van der Waals surface area contributed by atoms with Gasteiger partial charge < -0.3 is 9.84 Å². The third kappa shape index (κ3) is 1.22. The highest BCUT2D eigenvalue weighted by Crippen LogP contribution is 2.51. The van der Waals surface area contributed by atoms with Gasteiger partial charge in [-0.25, -0.2) is 0 Å². The molecule has 3 nitrogen and oxygen atoms in total. The van der Waals surface area contributed by atoms with Crippen molar-refractivity contribution >= 4 is 5.97 Å².